The zero-order valence-corrected chi connectivity index (χ0v) is 9.76. The van der Waals surface area contributed by atoms with E-state index in [4.69, 9.17) is 5.73 Å². The Morgan fingerprint density at radius 2 is 2.12 bits per heavy atom. The first-order chi connectivity index (χ1) is 8.22. The largest absolute Gasteiger partial charge is 0.391 e. The van der Waals surface area contributed by atoms with Crippen LogP contribution in [0.1, 0.15) is 37.4 Å². The van der Waals surface area contributed by atoms with Crippen molar-refractivity contribution in [2.45, 2.75) is 37.7 Å². The molecule has 2 aliphatic rings. The lowest BCUT2D eigenvalue weighted by Crippen LogP contribution is -2.22. The van der Waals surface area contributed by atoms with Crippen molar-refractivity contribution in [3.8, 4) is 0 Å². The summed E-state index contributed by atoms with van der Waals surface area (Å²) < 4.78 is 0. The molecule has 0 aromatic carbocycles. The zero-order valence-electron chi connectivity index (χ0n) is 9.76. The molecule has 17 heavy (non-hydrogen) atoms. The van der Waals surface area contributed by atoms with Crippen LogP contribution in [0.15, 0.2) is 6.07 Å². The zero-order chi connectivity index (χ0) is 11.8. The molecule has 2 fully saturated rings. The number of hydrogen-bond donors (Lipinski definition) is 3. The average Bonchev–Trinajstić information content (AvgIpc) is 3.19. The van der Waals surface area contributed by atoms with E-state index in [2.05, 4.69) is 15.3 Å². The Hall–Kier alpha value is -1.36. The number of aliphatic hydroxyl groups excluding tert-OH is 1. The molecule has 0 radical (unpaired) electrons. The van der Waals surface area contributed by atoms with Crippen LogP contribution in [-0.4, -0.2) is 27.7 Å². The minimum Gasteiger partial charge on any atom is -0.391 e. The molecule has 1 unspecified atom stereocenters. The highest BCUT2D eigenvalue weighted by Crippen LogP contribution is 2.38. The van der Waals surface area contributed by atoms with Gasteiger partial charge in [0, 0.05) is 18.5 Å². The third-order valence-corrected chi connectivity index (χ3v) is 3.36. The molecule has 5 nitrogen and oxygen atoms in total. The van der Waals surface area contributed by atoms with E-state index < -0.39 is 0 Å². The Morgan fingerprint density at radius 3 is 2.76 bits per heavy atom. The van der Waals surface area contributed by atoms with Crippen LogP contribution < -0.4 is 11.1 Å². The van der Waals surface area contributed by atoms with Crippen LogP contribution in [0, 0.1) is 5.92 Å². The summed E-state index contributed by atoms with van der Waals surface area (Å²) in [6, 6.07) is 1.73. The number of aliphatic hydroxyl groups is 1. The van der Waals surface area contributed by atoms with E-state index in [1.807, 2.05) is 0 Å². The van der Waals surface area contributed by atoms with E-state index in [9.17, 15) is 5.11 Å². The van der Waals surface area contributed by atoms with Gasteiger partial charge in [0.25, 0.3) is 0 Å². The van der Waals surface area contributed by atoms with Crippen molar-refractivity contribution < 1.29 is 5.11 Å². The molecule has 4 N–H and O–H groups in total. The lowest BCUT2D eigenvalue weighted by Gasteiger charge is -2.12. The number of nitrogen functional groups attached to an aromatic ring is 1. The predicted molar refractivity (Wildman–Crippen MR) is 65.6 cm³/mol. The Morgan fingerprint density at radius 1 is 1.35 bits per heavy atom. The van der Waals surface area contributed by atoms with Crippen LogP contribution in [-0.2, 0) is 0 Å². The van der Waals surface area contributed by atoms with Gasteiger partial charge in [-0.15, -0.1) is 0 Å². The normalized spacial score (nSPS) is 21.2. The number of nitrogens with two attached hydrogens (primary N) is 1. The molecule has 0 bridgehead atoms. The van der Waals surface area contributed by atoms with Crippen molar-refractivity contribution in [1.82, 2.24) is 9.97 Å². The van der Waals surface area contributed by atoms with Gasteiger partial charge in [0.2, 0.25) is 0 Å². The number of aromatic nitrogens is 2. The van der Waals surface area contributed by atoms with Gasteiger partial charge in [-0.3, -0.25) is 0 Å². The number of rotatable bonds is 5. The monoisotopic (exact) mass is 234 g/mol. The molecule has 2 saturated carbocycles. The minimum atomic E-state index is -0.268. The maximum absolute atomic E-state index is 9.77. The van der Waals surface area contributed by atoms with E-state index in [0.29, 0.717) is 24.2 Å². The van der Waals surface area contributed by atoms with Gasteiger partial charge >= 0.3 is 0 Å². The molecule has 1 heterocycles. The summed E-state index contributed by atoms with van der Waals surface area (Å²) in [7, 11) is 0. The van der Waals surface area contributed by atoms with Crippen LogP contribution in [0.5, 0.6) is 0 Å². The first kappa shape index (κ1) is 10.8. The highest BCUT2D eigenvalue weighted by molar-refractivity contribution is 5.45. The Kier molecular flexibility index (Phi) is 2.63. The SMILES string of the molecule is Nc1cc(NCC(O)C2CC2)nc(C2CC2)n1. The fourth-order valence-electron chi connectivity index (χ4n) is 1.96. The van der Waals surface area contributed by atoms with E-state index >= 15 is 0 Å². The molecule has 92 valence electrons. The van der Waals surface area contributed by atoms with Crippen molar-refractivity contribution >= 4 is 11.6 Å². The molecule has 0 spiro atoms. The average molecular weight is 234 g/mol. The van der Waals surface area contributed by atoms with Gasteiger partial charge in [0.15, 0.2) is 0 Å². The summed E-state index contributed by atoms with van der Waals surface area (Å²) in [4.78, 5) is 8.67. The lowest BCUT2D eigenvalue weighted by atomic mass is 10.2. The summed E-state index contributed by atoms with van der Waals surface area (Å²) in [5, 5.41) is 12.9. The first-order valence-electron chi connectivity index (χ1n) is 6.29. The van der Waals surface area contributed by atoms with Crippen molar-refractivity contribution in [1.29, 1.82) is 0 Å². The highest BCUT2D eigenvalue weighted by Gasteiger charge is 2.30. The van der Waals surface area contributed by atoms with Gasteiger partial charge < -0.3 is 16.2 Å². The van der Waals surface area contributed by atoms with Crippen molar-refractivity contribution in [3.63, 3.8) is 0 Å². The van der Waals surface area contributed by atoms with Crippen LogP contribution >= 0.6 is 0 Å². The van der Waals surface area contributed by atoms with Gasteiger partial charge in [0.05, 0.1) is 6.10 Å². The summed E-state index contributed by atoms with van der Waals surface area (Å²) in [6.45, 7) is 0.547. The van der Waals surface area contributed by atoms with Crippen molar-refractivity contribution in [2.75, 3.05) is 17.6 Å². The maximum Gasteiger partial charge on any atom is 0.136 e. The third-order valence-electron chi connectivity index (χ3n) is 3.36. The Balaban J connectivity index is 1.64. The van der Waals surface area contributed by atoms with Crippen LogP contribution in [0.25, 0.3) is 0 Å². The molecular formula is C12H18N4O. The van der Waals surface area contributed by atoms with Crippen LogP contribution in [0.4, 0.5) is 11.6 Å². The fraction of sp³-hybridized carbons (Fsp3) is 0.667. The quantitative estimate of drug-likeness (QED) is 0.711. The first-order valence-corrected chi connectivity index (χ1v) is 6.29. The Bertz CT molecular complexity index is 415. The van der Waals surface area contributed by atoms with E-state index in [1.165, 1.54) is 0 Å². The molecule has 0 aliphatic heterocycles. The standard InChI is InChI=1S/C12H18N4O/c13-10-5-11(14-6-9(17)7-1-2-7)16-12(15-10)8-3-4-8/h5,7-9,17H,1-4,6H2,(H3,13,14,15,16). The smallest absolute Gasteiger partial charge is 0.136 e. The molecule has 5 heteroatoms. The van der Waals surface area contributed by atoms with Gasteiger partial charge in [-0.05, 0) is 31.6 Å². The van der Waals surface area contributed by atoms with E-state index in [-0.39, 0.29) is 6.10 Å². The van der Waals surface area contributed by atoms with Crippen molar-refractivity contribution in [3.05, 3.63) is 11.9 Å². The van der Waals surface area contributed by atoms with Crippen LogP contribution in [0.3, 0.4) is 0 Å². The van der Waals surface area contributed by atoms with Crippen molar-refractivity contribution in [2.24, 2.45) is 5.92 Å². The van der Waals surface area contributed by atoms with Gasteiger partial charge in [-0.2, -0.15) is 0 Å². The molecule has 1 atom stereocenters. The second kappa shape index (κ2) is 4.14. The molecule has 1 aromatic rings. The third kappa shape index (κ3) is 2.66. The molecular weight excluding hydrogens is 216 g/mol. The number of hydrogen-bond acceptors (Lipinski definition) is 5. The second-order valence-electron chi connectivity index (χ2n) is 5.10. The predicted octanol–water partition coefficient (Wildman–Crippen LogP) is 1.12. The molecule has 0 amide bonds. The Labute approximate surface area is 100 Å². The number of nitrogens with one attached hydrogen (secondary N) is 1. The van der Waals surface area contributed by atoms with E-state index in [1.54, 1.807) is 6.07 Å². The van der Waals surface area contributed by atoms with Gasteiger partial charge in [-0.25, -0.2) is 9.97 Å². The lowest BCUT2D eigenvalue weighted by molar-refractivity contribution is 0.164. The fourth-order valence-corrected chi connectivity index (χ4v) is 1.96. The molecule has 3 rings (SSSR count). The van der Waals surface area contributed by atoms with Gasteiger partial charge in [0.1, 0.15) is 17.5 Å². The number of nitrogens with zero attached hydrogens (tertiary/aromatic N) is 2. The van der Waals surface area contributed by atoms with E-state index in [0.717, 1.165) is 37.3 Å². The summed E-state index contributed by atoms with van der Waals surface area (Å²) in [5.74, 6) is 3.05. The second-order valence-corrected chi connectivity index (χ2v) is 5.10. The van der Waals surface area contributed by atoms with Crippen LogP contribution in [0.2, 0.25) is 0 Å². The summed E-state index contributed by atoms with van der Waals surface area (Å²) in [5.41, 5.74) is 5.75. The molecule has 2 aliphatic carbocycles. The minimum absolute atomic E-state index is 0.268. The van der Waals surface area contributed by atoms with Gasteiger partial charge in [-0.1, -0.05) is 0 Å². The summed E-state index contributed by atoms with van der Waals surface area (Å²) in [6.07, 6.45) is 4.33. The topological polar surface area (TPSA) is 84.1 Å². The highest BCUT2D eigenvalue weighted by atomic mass is 16.3. The summed E-state index contributed by atoms with van der Waals surface area (Å²) >= 11 is 0. The maximum atomic E-state index is 9.77. The molecule has 1 aromatic heterocycles. The number of anilines is 2. The molecule has 0 saturated heterocycles.